The maximum Gasteiger partial charge on any atom is 0.271 e. The third-order valence-corrected chi connectivity index (χ3v) is 5.10. The Labute approximate surface area is 159 Å². The molecule has 8 nitrogen and oxygen atoms in total. The van der Waals surface area contributed by atoms with E-state index in [4.69, 9.17) is 23.2 Å². The van der Waals surface area contributed by atoms with E-state index in [2.05, 4.69) is 5.32 Å². The summed E-state index contributed by atoms with van der Waals surface area (Å²) < 4.78 is 24.9. The van der Waals surface area contributed by atoms with Crippen LogP contribution in [-0.2, 0) is 14.8 Å². The van der Waals surface area contributed by atoms with E-state index in [0.29, 0.717) is 0 Å². The van der Waals surface area contributed by atoms with Crippen molar-refractivity contribution in [2.75, 3.05) is 22.4 Å². The third kappa shape index (κ3) is 5.07. The van der Waals surface area contributed by atoms with Crippen molar-refractivity contribution in [3.8, 4) is 0 Å². The highest BCUT2D eigenvalue weighted by molar-refractivity contribution is 7.92. The van der Waals surface area contributed by atoms with Gasteiger partial charge in [0.15, 0.2) is 0 Å². The van der Waals surface area contributed by atoms with Gasteiger partial charge in [-0.15, -0.1) is 0 Å². The molecular formula is C15H13Cl2N3O5S. The molecule has 0 radical (unpaired) electrons. The Morgan fingerprint density at radius 1 is 1.19 bits per heavy atom. The standard InChI is InChI=1S/C15H13Cl2N3O5S/c1-26(24,25)19(11-5-6-13(16)14(17)8-11)9-15(21)18-10-3-2-4-12(7-10)20(22)23/h2-8H,9H2,1H3,(H,18,21). The summed E-state index contributed by atoms with van der Waals surface area (Å²) in [5, 5.41) is 13.6. The van der Waals surface area contributed by atoms with E-state index in [1.54, 1.807) is 0 Å². The van der Waals surface area contributed by atoms with Gasteiger partial charge in [-0.25, -0.2) is 8.42 Å². The fourth-order valence-electron chi connectivity index (χ4n) is 2.07. The number of nitrogens with one attached hydrogen (secondary N) is 1. The van der Waals surface area contributed by atoms with Gasteiger partial charge in [0.1, 0.15) is 6.54 Å². The van der Waals surface area contributed by atoms with Crippen molar-refractivity contribution in [2.45, 2.75) is 0 Å². The number of hydrogen-bond donors (Lipinski definition) is 1. The number of benzene rings is 2. The lowest BCUT2D eigenvalue weighted by Crippen LogP contribution is -2.37. The predicted molar refractivity (Wildman–Crippen MR) is 100 cm³/mol. The number of nitro benzene ring substituents is 1. The van der Waals surface area contributed by atoms with Gasteiger partial charge in [-0.05, 0) is 24.3 Å². The number of nitro groups is 1. The van der Waals surface area contributed by atoms with Crippen molar-refractivity contribution in [1.82, 2.24) is 0 Å². The van der Waals surface area contributed by atoms with Gasteiger partial charge in [-0.2, -0.15) is 0 Å². The number of amides is 1. The lowest BCUT2D eigenvalue weighted by atomic mass is 10.3. The number of halogens is 2. The molecule has 2 rings (SSSR count). The zero-order valence-corrected chi connectivity index (χ0v) is 15.7. The predicted octanol–water partition coefficient (Wildman–Crippen LogP) is 3.31. The van der Waals surface area contributed by atoms with E-state index < -0.39 is 27.4 Å². The van der Waals surface area contributed by atoms with Crippen molar-refractivity contribution in [2.24, 2.45) is 0 Å². The minimum absolute atomic E-state index is 0.136. The number of sulfonamides is 1. The summed E-state index contributed by atoms with van der Waals surface area (Å²) in [6, 6.07) is 9.45. The number of non-ortho nitro benzene ring substituents is 1. The number of carbonyl (C=O) groups is 1. The van der Waals surface area contributed by atoms with Crippen LogP contribution in [0.3, 0.4) is 0 Å². The van der Waals surface area contributed by atoms with Gasteiger partial charge in [0.05, 0.1) is 26.9 Å². The number of anilines is 2. The molecule has 26 heavy (non-hydrogen) atoms. The molecule has 0 fully saturated rings. The Bertz CT molecular complexity index is 966. The molecule has 11 heteroatoms. The first-order valence-corrected chi connectivity index (χ1v) is 9.65. The Hall–Kier alpha value is -2.36. The molecule has 0 saturated heterocycles. The van der Waals surface area contributed by atoms with Crippen molar-refractivity contribution >= 4 is 56.2 Å². The van der Waals surface area contributed by atoms with E-state index >= 15 is 0 Å². The van der Waals surface area contributed by atoms with E-state index in [9.17, 15) is 23.3 Å². The second-order valence-corrected chi connectivity index (χ2v) is 7.94. The average molecular weight is 418 g/mol. The van der Waals surface area contributed by atoms with Crippen LogP contribution in [0.2, 0.25) is 10.0 Å². The Balaban J connectivity index is 2.23. The monoisotopic (exact) mass is 417 g/mol. The molecule has 138 valence electrons. The van der Waals surface area contributed by atoms with Crippen LogP contribution < -0.4 is 9.62 Å². The van der Waals surface area contributed by atoms with Crippen molar-refractivity contribution in [1.29, 1.82) is 0 Å². The highest BCUT2D eigenvalue weighted by atomic mass is 35.5. The van der Waals surface area contributed by atoms with E-state index in [0.717, 1.165) is 10.6 Å². The number of nitrogens with zero attached hydrogens (tertiary/aromatic N) is 2. The summed E-state index contributed by atoms with van der Waals surface area (Å²) in [6.45, 7) is -0.542. The van der Waals surface area contributed by atoms with E-state index in [1.165, 1.54) is 42.5 Å². The van der Waals surface area contributed by atoms with Crippen LogP contribution in [0.4, 0.5) is 17.1 Å². The van der Waals surface area contributed by atoms with Gasteiger partial charge in [-0.3, -0.25) is 19.2 Å². The van der Waals surface area contributed by atoms with Gasteiger partial charge in [0.2, 0.25) is 15.9 Å². The van der Waals surface area contributed by atoms with Crippen LogP contribution in [0.25, 0.3) is 0 Å². The number of carbonyl (C=O) groups excluding carboxylic acids is 1. The minimum Gasteiger partial charge on any atom is -0.324 e. The van der Waals surface area contributed by atoms with E-state index in [1.807, 2.05) is 0 Å². The summed E-state index contributed by atoms with van der Waals surface area (Å²) in [7, 11) is -3.79. The summed E-state index contributed by atoms with van der Waals surface area (Å²) in [5.41, 5.74) is 0.134. The third-order valence-electron chi connectivity index (χ3n) is 3.22. The Kier molecular flexibility index (Phi) is 6.06. The Morgan fingerprint density at radius 3 is 2.46 bits per heavy atom. The van der Waals surface area contributed by atoms with E-state index in [-0.39, 0.29) is 27.1 Å². The lowest BCUT2D eigenvalue weighted by molar-refractivity contribution is -0.384. The highest BCUT2D eigenvalue weighted by Crippen LogP contribution is 2.28. The summed E-state index contributed by atoms with van der Waals surface area (Å²) in [5.74, 6) is -0.679. The van der Waals surface area contributed by atoms with Crippen LogP contribution in [0, 0.1) is 10.1 Å². The number of rotatable bonds is 6. The normalized spacial score (nSPS) is 11.0. The molecule has 0 aliphatic carbocycles. The average Bonchev–Trinajstić information content (AvgIpc) is 2.54. The molecule has 0 spiro atoms. The molecule has 2 aromatic rings. The maximum absolute atomic E-state index is 12.2. The zero-order valence-electron chi connectivity index (χ0n) is 13.3. The number of hydrogen-bond acceptors (Lipinski definition) is 5. The van der Waals surface area contributed by atoms with Crippen LogP contribution in [0.1, 0.15) is 0 Å². The molecule has 0 saturated carbocycles. The lowest BCUT2D eigenvalue weighted by Gasteiger charge is -2.22. The van der Waals surface area contributed by atoms with Crippen LogP contribution in [0.5, 0.6) is 0 Å². The molecule has 0 aliphatic rings. The van der Waals surface area contributed by atoms with Gasteiger partial charge < -0.3 is 5.32 Å². The maximum atomic E-state index is 12.2. The fraction of sp³-hybridized carbons (Fsp3) is 0.133. The zero-order chi connectivity index (χ0) is 19.5. The second kappa shape index (κ2) is 7.90. The first-order chi connectivity index (χ1) is 12.1. The van der Waals surface area contributed by atoms with Gasteiger partial charge in [-0.1, -0.05) is 29.3 Å². The first-order valence-electron chi connectivity index (χ1n) is 7.05. The molecule has 2 aromatic carbocycles. The summed E-state index contributed by atoms with van der Waals surface area (Å²) in [4.78, 5) is 22.4. The second-order valence-electron chi connectivity index (χ2n) is 5.22. The largest absolute Gasteiger partial charge is 0.324 e. The van der Waals surface area contributed by atoms with Crippen molar-refractivity contribution < 1.29 is 18.1 Å². The van der Waals surface area contributed by atoms with Gasteiger partial charge >= 0.3 is 0 Å². The molecule has 1 amide bonds. The molecule has 0 aliphatic heterocycles. The van der Waals surface area contributed by atoms with Gasteiger partial charge in [0.25, 0.3) is 5.69 Å². The molecular weight excluding hydrogens is 405 g/mol. The quantitative estimate of drug-likeness (QED) is 0.572. The fourth-order valence-corrected chi connectivity index (χ4v) is 3.21. The van der Waals surface area contributed by atoms with Crippen molar-refractivity contribution in [3.05, 3.63) is 62.6 Å². The minimum atomic E-state index is -3.79. The van der Waals surface area contributed by atoms with Crippen LogP contribution in [-0.4, -0.2) is 32.0 Å². The molecule has 1 N–H and O–H groups in total. The summed E-state index contributed by atoms with van der Waals surface area (Å²) in [6.07, 6.45) is 0.941. The highest BCUT2D eigenvalue weighted by Gasteiger charge is 2.22. The molecule has 0 heterocycles. The van der Waals surface area contributed by atoms with Gasteiger partial charge in [0, 0.05) is 17.8 Å². The molecule has 0 atom stereocenters. The Morgan fingerprint density at radius 2 is 1.88 bits per heavy atom. The van der Waals surface area contributed by atoms with Crippen LogP contribution >= 0.6 is 23.2 Å². The molecule has 0 aromatic heterocycles. The first kappa shape index (κ1) is 20.0. The SMILES string of the molecule is CS(=O)(=O)N(CC(=O)Nc1cccc([N+](=O)[O-])c1)c1ccc(Cl)c(Cl)c1. The topological polar surface area (TPSA) is 110 Å². The smallest absolute Gasteiger partial charge is 0.271 e. The van der Waals surface area contributed by atoms with Crippen LogP contribution in [0.15, 0.2) is 42.5 Å². The molecule has 0 unspecified atom stereocenters. The van der Waals surface area contributed by atoms with Crippen molar-refractivity contribution in [3.63, 3.8) is 0 Å². The summed E-state index contributed by atoms with van der Waals surface area (Å²) >= 11 is 11.7. The molecule has 0 bridgehead atoms.